The maximum absolute atomic E-state index is 14.2. The van der Waals surface area contributed by atoms with Crippen LogP contribution in [0, 0.1) is 34.8 Å². The number of Topliss-reactive ketones (excluding diaryl/α,β-unsaturated/α-hetero) is 1. The number of phenols is 1. The summed E-state index contributed by atoms with van der Waals surface area (Å²) in [6.07, 6.45) is 14.5. The van der Waals surface area contributed by atoms with Crippen molar-refractivity contribution in [3.05, 3.63) is 63.0 Å². The topological polar surface area (TPSA) is 207 Å². The molecule has 0 saturated heterocycles. The summed E-state index contributed by atoms with van der Waals surface area (Å²) in [5.74, 6) is -7.92. The molecule has 1 fully saturated rings. The number of phenolic OH excluding ortho intramolecular Hbond substituents is 1. The van der Waals surface area contributed by atoms with Crippen LogP contribution in [-0.4, -0.2) is 97.4 Å². The molecule has 5 rings (SSSR count). The van der Waals surface area contributed by atoms with Crippen molar-refractivity contribution in [1.29, 1.82) is 0 Å². The van der Waals surface area contributed by atoms with E-state index in [-0.39, 0.29) is 17.4 Å². The lowest BCUT2D eigenvalue weighted by Crippen LogP contribution is -2.74. The van der Waals surface area contributed by atoms with Crippen molar-refractivity contribution in [2.24, 2.45) is 23.2 Å². The molecule has 64 heavy (non-hydrogen) atoms. The van der Waals surface area contributed by atoms with Crippen molar-refractivity contribution in [2.45, 2.75) is 161 Å². The zero-order valence-electron chi connectivity index (χ0n) is 38.4. The molecule has 0 bridgehead atoms. The third-order valence-corrected chi connectivity index (χ3v) is 14.7. The van der Waals surface area contributed by atoms with Gasteiger partial charge in [0.25, 0.3) is 5.91 Å². The molecule has 1 heterocycles. The van der Waals surface area contributed by atoms with Gasteiger partial charge in [-0.25, -0.2) is 14.0 Å². The van der Waals surface area contributed by atoms with Crippen LogP contribution >= 0.6 is 0 Å². The Morgan fingerprint density at radius 3 is 2.06 bits per heavy atom. The molecular formula is C49H70F2N2O11. The molecule has 2 aromatic rings. The highest BCUT2D eigenvalue weighted by Gasteiger charge is 2.73. The molecule has 0 unspecified atom stereocenters. The number of benzene rings is 1. The first-order valence-corrected chi connectivity index (χ1v) is 23.3. The molecule has 3 aliphatic carbocycles. The number of hydrogen-bond donors (Lipinski definition) is 6. The number of nitrogens with zero attached hydrogens (tertiary/aromatic N) is 1. The predicted molar refractivity (Wildman–Crippen MR) is 238 cm³/mol. The van der Waals surface area contributed by atoms with E-state index in [0.717, 1.165) is 95.6 Å². The molecule has 2 amide bonds. The number of unbranched alkanes of at least 4 members (excludes halogenated alkanes) is 12. The molecule has 3 aliphatic rings. The predicted octanol–water partition coefficient (Wildman–Crippen LogP) is 7.77. The lowest BCUT2D eigenvalue weighted by atomic mass is 9.47. The number of amides is 2. The zero-order valence-corrected chi connectivity index (χ0v) is 38.4. The van der Waals surface area contributed by atoms with E-state index in [9.17, 15) is 53.5 Å². The molecular weight excluding hydrogens is 831 g/mol. The summed E-state index contributed by atoms with van der Waals surface area (Å²) < 4.78 is 39.1. The summed E-state index contributed by atoms with van der Waals surface area (Å²) >= 11 is 0. The SMILES string of the molecule is CCCCCCN(CCCCCCCCCCCCNC(=O)c1cc2cc(F)c(O)c(F)c2oc1=O)C(=O)O[C@]1(C)[C@H](O)[C@@H](C)[C@@]2(O)[C@@H](C=C(CO)C[C@]3(O)C(=O)C(C)=C[C@@H]23)C1(C)C. The van der Waals surface area contributed by atoms with Crippen LogP contribution in [0.15, 0.2) is 44.6 Å². The lowest BCUT2D eigenvalue weighted by Gasteiger charge is -2.63. The fourth-order valence-corrected chi connectivity index (χ4v) is 10.4. The van der Waals surface area contributed by atoms with Gasteiger partial charge in [-0.2, -0.15) is 4.39 Å². The Morgan fingerprint density at radius 1 is 0.891 bits per heavy atom. The largest absolute Gasteiger partial charge is 0.503 e. The van der Waals surface area contributed by atoms with Crippen molar-refractivity contribution in [3.63, 3.8) is 0 Å². The van der Waals surface area contributed by atoms with Crippen LogP contribution in [0.25, 0.3) is 11.0 Å². The van der Waals surface area contributed by atoms with Crippen molar-refractivity contribution >= 4 is 28.8 Å². The van der Waals surface area contributed by atoms with Crippen LogP contribution in [0.3, 0.4) is 0 Å². The maximum atomic E-state index is 14.2. The van der Waals surface area contributed by atoms with Gasteiger partial charge < -0.3 is 44.9 Å². The van der Waals surface area contributed by atoms with Gasteiger partial charge in [-0.05, 0) is 56.4 Å². The Bertz CT molecular complexity index is 2140. The van der Waals surface area contributed by atoms with Crippen molar-refractivity contribution in [2.75, 3.05) is 26.2 Å². The fourth-order valence-electron chi connectivity index (χ4n) is 10.4. The van der Waals surface area contributed by atoms with E-state index < -0.39 is 99.1 Å². The number of fused-ring (bicyclic) bond motifs is 4. The Balaban J connectivity index is 1.07. The van der Waals surface area contributed by atoms with Crippen LogP contribution in [0.2, 0.25) is 0 Å². The molecule has 0 spiro atoms. The molecule has 7 atom stereocenters. The van der Waals surface area contributed by atoms with Crippen LogP contribution < -0.4 is 10.9 Å². The van der Waals surface area contributed by atoms with Crippen molar-refractivity contribution in [1.82, 2.24) is 10.2 Å². The Morgan fingerprint density at radius 2 is 1.47 bits per heavy atom. The van der Waals surface area contributed by atoms with Gasteiger partial charge in [-0.15, -0.1) is 0 Å². The van der Waals surface area contributed by atoms with E-state index in [4.69, 9.17) is 9.15 Å². The number of nitrogens with one attached hydrogen (secondary N) is 1. The summed E-state index contributed by atoms with van der Waals surface area (Å²) in [6, 6.07) is 1.83. The van der Waals surface area contributed by atoms with E-state index in [1.54, 1.807) is 37.8 Å². The molecule has 1 aromatic carbocycles. The van der Waals surface area contributed by atoms with Gasteiger partial charge in [-0.3, -0.25) is 9.59 Å². The van der Waals surface area contributed by atoms with Crippen molar-refractivity contribution in [3.8, 4) is 5.75 Å². The van der Waals surface area contributed by atoms with Gasteiger partial charge in [-0.1, -0.05) is 110 Å². The number of aromatic hydroxyl groups is 1. The normalized spacial score (nSPS) is 27.3. The number of aliphatic hydroxyl groups excluding tert-OH is 2. The average Bonchev–Trinajstić information content (AvgIpc) is 3.42. The number of aliphatic hydroxyl groups is 4. The third-order valence-electron chi connectivity index (χ3n) is 14.7. The molecule has 6 N–H and O–H groups in total. The third kappa shape index (κ3) is 9.97. The summed E-state index contributed by atoms with van der Waals surface area (Å²) in [6.45, 7) is 11.6. The van der Waals surface area contributed by atoms with Crippen molar-refractivity contribution < 1.29 is 57.9 Å². The number of carbonyl (C=O) groups is 3. The minimum atomic E-state index is -1.98. The Kier molecular flexibility index (Phi) is 16.7. The second kappa shape index (κ2) is 21.0. The highest BCUT2D eigenvalue weighted by molar-refractivity contribution is 6.05. The van der Waals surface area contributed by atoms with E-state index in [0.29, 0.717) is 37.2 Å². The number of halogens is 2. The monoisotopic (exact) mass is 900 g/mol. The van der Waals surface area contributed by atoms with Gasteiger partial charge in [0.15, 0.2) is 22.9 Å². The highest BCUT2D eigenvalue weighted by Crippen LogP contribution is 2.63. The number of carbonyl (C=O) groups excluding carboxylic acids is 3. The first kappa shape index (κ1) is 50.8. The van der Waals surface area contributed by atoms with Gasteiger partial charge in [0, 0.05) is 54.6 Å². The van der Waals surface area contributed by atoms with E-state index in [2.05, 4.69) is 12.2 Å². The lowest BCUT2D eigenvalue weighted by molar-refractivity contribution is -0.280. The number of ketones is 1. The average molecular weight is 901 g/mol. The van der Waals surface area contributed by atoms with Crippen LogP contribution in [0.1, 0.15) is 148 Å². The van der Waals surface area contributed by atoms with E-state index in [1.807, 2.05) is 13.8 Å². The summed E-state index contributed by atoms with van der Waals surface area (Å²) in [5.41, 5.74) is -7.79. The first-order chi connectivity index (χ1) is 30.2. The quantitative estimate of drug-likeness (QED) is 0.0405. The minimum Gasteiger partial charge on any atom is -0.503 e. The molecule has 0 aliphatic heterocycles. The second-order valence-corrected chi connectivity index (χ2v) is 19.3. The highest BCUT2D eigenvalue weighted by atomic mass is 19.1. The molecule has 1 aromatic heterocycles. The summed E-state index contributed by atoms with van der Waals surface area (Å²) in [4.78, 5) is 54.1. The minimum absolute atomic E-state index is 0.157. The van der Waals surface area contributed by atoms with E-state index in [1.165, 1.54) is 0 Å². The van der Waals surface area contributed by atoms with E-state index >= 15 is 0 Å². The Labute approximate surface area is 374 Å². The molecule has 15 heteroatoms. The molecule has 1 saturated carbocycles. The fraction of sp³-hybridized carbons (Fsp3) is 0.673. The van der Waals surface area contributed by atoms with Crippen LogP contribution in [0.4, 0.5) is 13.6 Å². The standard InChI is InChI=1S/C49H70F2N2O11/c1-7-8-9-19-22-53(23-20-17-15-13-11-10-12-14-16-18-21-52-43(58)34-26-33-27-35(50)39(55)38(51)40(33)63-44(34)59)45(60)64-47(6)42(57)31(3)49(62)36(46(47,4)5)25-32(29-54)28-48(61)37(49)24-30(2)41(48)56/h24-27,31,36-37,42,54-55,57,61-62H,7-23,28-29H2,1-6H3,(H,52,58)/t31-,36+,37-,42-,47-,48-,49-/m1/s1. The van der Waals surface area contributed by atoms with Gasteiger partial charge in [0.05, 0.1) is 18.3 Å². The van der Waals surface area contributed by atoms with Crippen LogP contribution in [0.5, 0.6) is 5.75 Å². The van der Waals surface area contributed by atoms with Gasteiger partial charge in [0.2, 0.25) is 5.82 Å². The zero-order chi connectivity index (χ0) is 47.2. The number of hydrogen-bond acceptors (Lipinski definition) is 11. The van der Waals surface area contributed by atoms with Gasteiger partial charge >= 0.3 is 11.7 Å². The molecule has 13 nitrogen and oxygen atoms in total. The summed E-state index contributed by atoms with van der Waals surface area (Å²) in [7, 11) is 0. The molecule has 356 valence electrons. The van der Waals surface area contributed by atoms with Crippen LogP contribution in [-0.2, 0) is 9.53 Å². The second-order valence-electron chi connectivity index (χ2n) is 19.3. The summed E-state index contributed by atoms with van der Waals surface area (Å²) in [5, 5.41) is 58.9. The Hall–Kier alpha value is -4.18. The maximum Gasteiger partial charge on any atom is 0.410 e. The molecule has 0 radical (unpaired) electrons. The first-order valence-electron chi connectivity index (χ1n) is 23.3. The number of ether oxygens (including phenoxy) is 1. The number of rotatable bonds is 21. The van der Waals surface area contributed by atoms with Gasteiger partial charge in [0.1, 0.15) is 16.8 Å². The smallest absolute Gasteiger partial charge is 0.410 e.